The van der Waals surface area contributed by atoms with E-state index in [1.807, 2.05) is 0 Å². The van der Waals surface area contributed by atoms with E-state index < -0.39 is 29.7 Å². The third-order valence-electron chi connectivity index (χ3n) is 4.35. The molecule has 0 bridgehead atoms. The number of halogens is 3. The van der Waals surface area contributed by atoms with Gasteiger partial charge in [0.1, 0.15) is 17.6 Å². The van der Waals surface area contributed by atoms with Crippen LogP contribution in [0.4, 0.5) is 13.2 Å². The fourth-order valence-corrected chi connectivity index (χ4v) is 3.05. The zero-order valence-electron chi connectivity index (χ0n) is 13.8. The van der Waals surface area contributed by atoms with Gasteiger partial charge in [-0.05, 0) is 31.9 Å². The number of carboxylic acids is 1. The van der Waals surface area contributed by atoms with Crippen molar-refractivity contribution < 1.29 is 27.9 Å². The van der Waals surface area contributed by atoms with Crippen LogP contribution in [0.1, 0.15) is 34.6 Å². The zero-order valence-corrected chi connectivity index (χ0v) is 13.8. The van der Waals surface area contributed by atoms with Crippen molar-refractivity contribution in [2.24, 2.45) is 0 Å². The highest BCUT2D eigenvalue weighted by Gasteiger charge is 2.36. The van der Waals surface area contributed by atoms with Gasteiger partial charge in [-0.25, -0.2) is 9.78 Å². The van der Waals surface area contributed by atoms with Crippen molar-refractivity contribution in [3.63, 3.8) is 0 Å². The van der Waals surface area contributed by atoms with Crippen molar-refractivity contribution in [2.45, 2.75) is 32.0 Å². The molecule has 0 unspecified atom stereocenters. The van der Waals surface area contributed by atoms with Crippen molar-refractivity contribution in [1.82, 2.24) is 14.9 Å². The summed E-state index contributed by atoms with van der Waals surface area (Å²) in [6.45, 7) is 1.88. The molecule has 2 heterocycles. The number of aromatic nitrogens is 2. The second-order valence-corrected chi connectivity index (χ2v) is 6.13. The Bertz CT molecular complexity index is 860. The van der Waals surface area contributed by atoms with E-state index in [4.69, 9.17) is 0 Å². The number of imidazole rings is 1. The summed E-state index contributed by atoms with van der Waals surface area (Å²) in [4.78, 5) is 32.1. The van der Waals surface area contributed by atoms with Crippen molar-refractivity contribution in [1.29, 1.82) is 0 Å². The van der Waals surface area contributed by atoms with Gasteiger partial charge in [-0.15, -0.1) is 0 Å². The van der Waals surface area contributed by atoms with Crippen molar-refractivity contribution in [3.8, 4) is 11.4 Å². The van der Waals surface area contributed by atoms with Crippen LogP contribution in [-0.2, 0) is 11.0 Å². The Balaban J connectivity index is 1.93. The molecule has 9 heteroatoms. The van der Waals surface area contributed by atoms with E-state index in [1.54, 1.807) is 6.92 Å². The second-order valence-electron chi connectivity index (χ2n) is 6.13. The molecule has 1 aromatic carbocycles. The van der Waals surface area contributed by atoms with E-state index in [0.29, 0.717) is 25.1 Å². The van der Waals surface area contributed by atoms with Crippen LogP contribution in [-0.4, -0.2) is 44.4 Å². The standard InChI is InChI=1S/C17H16F3N3O3/c1-9-13(15(24)23-7-3-6-12(23)16(25)26)22-14(21-9)10-4-2-5-11(8-10)17(18,19)20/h2,4-5,8,12H,3,6-7H2,1H3,(H,21,22)(H,25,26)/t12-/m0/s1. The Labute approximate surface area is 146 Å². The largest absolute Gasteiger partial charge is 0.480 e. The number of carboxylic acid groups (broad SMARTS) is 1. The number of aromatic amines is 1. The number of benzene rings is 1. The summed E-state index contributed by atoms with van der Waals surface area (Å²) in [5, 5.41) is 9.21. The predicted octanol–water partition coefficient (Wildman–Crippen LogP) is 3.09. The van der Waals surface area contributed by atoms with Gasteiger partial charge in [-0.1, -0.05) is 12.1 Å². The van der Waals surface area contributed by atoms with Crippen LogP contribution in [0, 0.1) is 6.92 Å². The molecule has 1 aliphatic rings. The molecule has 1 aromatic heterocycles. The molecule has 6 nitrogen and oxygen atoms in total. The Morgan fingerprint density at radius 3 is 2.73 bits per heavy atom. The molecule has 1 saturated heterocycles. The molecule has 2 N–H and O–H groups in total. The number of aryl methyl sites for hydroxylation is 1. The van der Waals surface area contributed by atoms with E-state index in [9.17, 15) is 27.9 Å². The molecule has 0 aliphatic carbocycles. The maximum absolute atomic E-state index is 12.9. The van der Waals surface area contributed by atoms with Crippen LogP contribution in [0.2, 0.25) is 0 Å². The summed E-state index contributed by atoms with van der Waals surface area (Å²) < 4.78 is 38.6. The fraction of sp³-hybridized carbons (Fsp3) is 0.353. The number of likely N-dealkylation sites (tertiary alicyclic amines) is 1. The maximum atomic E-state index is 12.9. The minimum Gasteiger partial charge on any atom is -0.480 e. The summed E-state index contributed by atoms with van der Waals surface area (Å²) in [6, 6.07) is 3.71. The average molecular weight is 367 g/mol. The summed E-state index contributed by atoms with van der Waals surface area (Å²) in [7, 11) is 0. The molecular weight excluding hydrogens is 351 g/mol. The van der Waals surface area contributed by atoms with Gasteiger partial charge in [0.25, 0.3) is 5.91 Å². The first-order valence-corrected chi connectivity index (χ1v) is 7.96. The van der Waals surface area contributed by atoms with Crippen LogP contribution in [0.25, 0.3) is 11.4 Å². The molecule has 0 spiro atoms. The normalized spacial score (nSPS) is 17.5. The minimum absolute atomic E-state index is 0.0190. The molecule has 26 heavy (non-hydrogen) atoms. The Hall–Kier alpha value is -2.84. The van der Waals surface area contributed by atoms with Crippen molar-refractivity contribution in [2.75, 3.05) is 6.54 Å². The molecule has 138 valence electrons. The van der Waals surface area contributed by atoms with Crippen LogP contribution in [0.15, 0.2) is 24.3 Å². The van der Waals surface area contributed by atoms with Gasteiger partial charge in [0.15, 0.2) is 0 Å². The van der Waals surface area contributed by atoms with E-state index >= 15 is 0 Å². The topological polar surface area (TPSA) is 86.3 Å². The first-order valence-electron chi connectivity index (χ1n) is 7.96. The van der Waals surface area contributed by atoms with Gasteiger partial charge < -0.3 is 15.0 Å². The molecule has 0 saturated carbocycles. The first kappa shape index (κ1) is 18.0. The summed E-state index contributed by atoms with van der Waals surface area (Å²) in [5.41, 5.74) is -0.232. The fourth-order valence-electron chi connectivity index (χ4n) is 3.05. The Morgan fingerprint density at radius 2 is 2.08 bits per heavy atom. The highest BCUT2D eigenvalue weighted by molar-refractivity contribution is 5.96. The molecular formula is C17H16F3N3O3. The lowest BCUT2D eigenvalue weighted by molar-refractivity contribution is -0.141. The van der Waals surface area contributed by atoms with E-state index in [-0.39, 0.29) is 17.1 Å². The van der Waals surface area contributed by atoms with Gasteiger partial charge in [-0.2, -0.15) is 13.2 Å². The number of amides is 1. The van der Waals surface area contributed by atoms with Crippen LogP contribution in [0.3, 0.4) is 0 Å². The zero-order chi connectivity index (χ0) is 19.1. The lowest BCUT2D eigenvalue weighted by Gasteiger charge is -2.20. The van der Waals surface area contributed by atoms with Crippen LogP contribution < -0.4 is 0 Å². The number of nitrogens with zero attached hydrogens (tertiary/aromatic N) is 2. The lowest BCUT2D eigenvalue weighted by atomic mass is 10.1. The summed E-state index contributed by atoms with van der Waals surface area (Å²) in [5.74, 6) is -1.49. The number of carbonyl (C=O) groups is 2. The molecule has 1 aliphatic heterocycles. The quantitative estimate of drug-likeness (QED) is 0.873. The molecule has 0 radical (unpaired) electrons. The van der Waals surface area contributed by atoms with Crippen LogP contribution >= 0.6 is 0 Å². The van der Waals surface area contributed by atoms with E-state index in [2.05, 4.69) is 9.97 Å². The second kappa shape index (κ2) is 6.47. The lowest BCUT2D eigenvalue weighted by Crippen LogP contribution is -2.40. The van der Waals surface area contributed by atoms with Gasteiger partial charge in [0.05, 0.1) is 5.56 Å². The maximum Gasteiger partial charge on any atom is 0.416 e. The van der Waals surface area contributed by atoms with Gasteiger partial charge in [-0.3, -0.25) is 4.79 Å². The van der Waals surface area contributed by atoms with Gasteiger partial charge in [0.2, 0.25) is 0 Å². The minimum atomic E-state index is -4.49. The smallest absolute Gasteiger partial charge is 0.416 e. The molecule has 3 rings (SSSR count). The van der Waals surface area contributed by atoms with Gasteiger partial charge >= 0.3 is 12.1 Å². The van der Waals surface area contributed by atoms with Crippen molar-refractivity contribution >= 4 is 11.9 Å². The monoisotopic (exact) mass is 367 g/mol. The molecule has 1 fully saturated rings. The van der Waals surface area contributed by atoms with Crippen molar-refractivity contribution in [3.05, 3.63) is 41.2 Å². The number of alkyl halides is 3. The number of H-pyrrole nitrogens is 1. The average Bonchev–Trinajstić information content (AvgIpc) is 3.20. The number of hydrogen-bond acceptors (Lipinski definition) is 3. The number of rotatable bonds is 3. The first-order chi connectivity index (χ1) is 12.2. The SMILES string of the molecule is Cc1[nH]c(-c2cccc(C(F)(F)F)c2)nc1C(=O)N1CCC[C@H]1C(=O)O. The third kappa shape index (κ3) is 3.29. The number of hydrogen-bond donors (Lipinski definition) is 2. The van der Waals surface area contributed by atoms with E-state index in [1.165, 1.54) is 17.0 Å². The highest BCUT2D eigenvalue weighted by Crippen LogP contribution is 2.32. The van der Waals surface area contributed by atoms with Gasteiger partial charge in [0, 0.05) is 17.8 Å². The number of nitrogens with one attached hydrogen (secondary N) is 1. The Morgan fingerprint density at radius 1 is 1.35 bits per heavy atom. The number of carbonyl (C=O) groups excluding carboxylic acids is 1. The highest BCUT2D eigenvalue weighted by atomic mass is 19.4. The molecule has 1 amide bonds. The Kier molecular flexibility index (Phi) is 4.47. The third-order valence-corrected chi connectivity index (χ3v) is 4.35. The predicted molar refractivity (Wildman–Crippen MR) is 85.5 cm³/mol. The summed E-state index contributed by atoms with van der Waals surface area (Å²) >= 11 is 0. The van der Waals surface area contributed by atoms with E-state index in [0.717, 1.165) is 12.1 Å². The van der Waals surface area contributed by atoms with Crippen LogP contribution in [0.5, 0.6) is 0 Å². The molecule has 1 atom stereocenters. The number of aliphatic carboxylic acids is 1. The molecule has 2 aromatic rings. The summed E-state index contributed by atoms with van der Waals surface area (Å²) in [6.07, 6.45) is -3.54.